The van der Waals surface area contributed by atoms with E-state index in [1.807, 2.05) is 30.3 Å². The average molecular weight is 235 g/mol. The second kappa shape index (κ2) is 6.74. The molecule has 1 aliphatic rings. The standard InChI is InChI=1S/C14H21NO2/c16-14-10-6-2-5-9-13(14)15-17-11-12-7-3-1-4-8-12/h1,3-4,7-8,13-16H,2,5-6,9-11H2. The van der Waals surface area contributed by atoms with Crippen molar-refractivity contribution < 1.29 is 9.94 Å². The predicted molar refractivity (Wildman–Crippen MR) is 67.2 cm³/mol. The van der Waals surface area contributed by atoms with Crippen LogP contribution in [0.5, 0.6) is 0 Å². The summed E-state index contributed by atoms with van der Waals surface area (Å²) in [6, 6.07) is 10.1. The molecule has 0 spiro atoms. The minimum absolute atomic E-state index is 0.0845. The van der Waals surface area contributed by atoms with Gasteiger partial charge in [-0.1, -0.05) is 49.6 Å². The number of hydrogen-bond acceptors (Lipinski definition) is 3. The molecule has 0 heterocycles. The van der Waals surface area contributed by atoms with Gasteiger partial charge in [0, 0.05) is 0 Å². The summed E-state index contributed by atoms with van der Waals surface area (Å²) in [5.41, 5.74) is 4.15. The van der Waals surface area contributed by atoms with E-state index in [4.69, 9.17) is 4.84 Å². The Hall–Kier alpha value is -0.900. The Morgan fingerprint density at radius 2 is 1.88 bits per heavy atom. The van der Waals surface area contributed by atoms with E-state index in [9.17, 15) is 5.11 Å². The third-order valence-corrected chi connectivity index (χ3v) is 3.30. The van der Waals surface area contributed by atoms with Crippen molar-refractivity contribution in [3.05, 3.63) is 35.9 Å². The van der Waals surface area contributed by atoms with Crippen molar-refractivity contribution in [2.75, 3.05) is 0 Å². The van der Waals surface area contributed by atoms with E-state index in [0.717, 1.165) is 24.8 Å². The lowest BCUT2D eigenvalue weighted by atomic mass is 10.1. The Morgan fingerprint density at radius 1 is 1.12 bits per heavy atom. The van der Waals surface area contributed by atoms with Gasteiger partial charge < -0.3 is 5.11 Å². The fourth-order valence-corrected chi connectivity index (χ4v) is 2.23. The van der Waals surface area contributed by atoms with Gasteiger partial charge in [-0.3, -0.25) is 4.84 Å². The lowest BCUT2D eigenvalue weighted by molar-refractivity contribution is -0.0339. The van der Waals surface area contributed by atoms with E-state index in [0.29, 0.717) is 6.61 Å². The van der Waals surface area contributed by atoms with Crippen molar-refractivity contribution >= 4 is 0 Å². The Balaban J connectivity index is 1.73. The van der Waals surface area contributed by atoms with E-state index in [-0.39, 0.29) is 12.1 Å². The van der Waals surface area contributed by atoms with Gasteiger partial charge in [0.05, 0.1) is 18.8 Å². The van der Waals surface area contributed by atoms with Crippen LogP contribution in [0, 0.1) is 0 Å². The van der Waals surface area contributed by atoms with E-state index < -0.39 is 0 Å². The van der Waals surface area contributed by atoms with Gasteiger partial charge in [-0.05, 0) is 18.4 Å². The average Bonchev–Trinajstić information content (AvgIpc) is 2.56. The molecule has 1 aliphatic carbocycles. The zero-order valence-electron chi connectivity index (χ0n) is 10.1. The molecule has 2 rings (SSSR count). The predicted octanol–water partition coefficient (Wildman–Crippen LogP) is 2.40. The Morgan fingerprint density at radius 3 is 2.71 bits per heavy atom. The number of aliphatic hydroxyl groups is 1. The van der Waals surface area contributed by atoms with Crippen LogP contribution in [0.4, 0.5) is 0 Å². The summed E-state index contributed by atoms with van der Waals surface area (Å²) in [5.74, 6) is 0. The molecule has 0 aromatic heterocycles. The molecule has 2 N–H and O–H groups in total. The molecule has 3 nitrogen and oxygen atoms in total. The Bertz CT molecular complexity index is 315. The molecule has 1 aromatic rings. The van der Waals surface area contributed by atoms with Gasteiger partial charge in [0.1, 0.15) is 0 Å². The van der Waals surface area contributed by atoms with Crippen molar-refractivity contribution in [2.24, 2.45) is 0 Å². The normalized spacial score (nSPS) is 25.5. The van der Waals surface area contributed by atoms with Crippen LogP contribution in [0.3, 0.4) is 0 Å². The quantitative estimate of drug-likeness (QED) is 0.622. The highest BCUT2D eigenvalue weighted by Gasteiger charge is 2.21. The second-order valence-corrected chi connectivity index (χ2v) is 4.70. The van der Waals surface area contributed by atoms with E-state index >= 15 is 0 Å². The number of benzene rings is 1. The van der Waals surface area contributed by atoms with E-state index in [2.05, 4.69) is 5.48 Å². The minimum atomic E-state index is -0.270. The number of hydrogen-bond donors (Lipinski definition) is 2. The minimum Gasteiger partial charge on any atom is -0.391 e. The molecule has 2 unspecified atom stereocenters. The molecule has 0 saturated heterocycles. The molecule has 17 heavy (non-hydrogen) atoms. The molecular weight excluding hydrogens is 214 g/mol. The molecule has 0 radical (unpaired) electrons. The Labute approximate surface area is 103 Å². The summed E-state index contributed by atoms with van der Waals surface area (Å²) >= 11 is 0. The highest BCUT2D eigenvalue weighted by Crippen LogP contribution is 2.18. The van der Waals surface area contributed by atoms with Gasteiger partial charge in [0.2, 0.25) is 0 Å². The zero-order valence-corrected chi connectivity index (χ0v) is 10.1. The maximum Gasteiger partial charge on any atom is 0.0933 e. The van der Waals surface area contributed by atoms with Crippen LogP contribution >= 0.6 is 0 Å². The van der Waals surface area contributed by atoms with Gasteiger partial charge in [0.15, 0.2) is 0 Å². The molecule has 3 heteroatoms. The molecule has 94 valence electrons. The number of nitrogens with one attached hydrogen (secondary N) is 1. The molecule has 0 amide bonds. The first-order valence-electron chi connectivity index (χ1n) is 6.45. The third kappa shape index (κ3) is 4.11. The SMILES string of the molecule is OC1CCCCCC1NOCc1ccccc1. The molecule has 0 bridgehead atoms. The van der Waals surface area contributed by atoms with E-state index in [1.54, 1.807) is 0 Å². The number of aliphatic hydroxyl groups excluding tert-OH is 1. The van der Waals surface area contributed by atoms with Crippen LogP contribution in [0.15, 0.2) is 30.3 Å². The summed E-state index contributed by atoms with van der Waals surface area (Å²) < 4.78 is 0. The third-order valence-electron chi connectivity index (χ3n) is 3.30. The first-order valence-corrected chi connectivity index (χ1v) is 6.45. The van der Waals surface area contributed by atoms with Gasteiger partial charge in [-0.25, -0.2) is 0 Å². The maximum atomic E-state index is 9.90. The van der Waals surface area contributed by atoms with Crippen molar-refractivity contribution in [1.82, 2.24) is 5.48 Å². The summed E-state index contributed by atoms with van der Waals surface area (Å²) in [7, 11) is 0. The summed E-state index contributed by atoms with van der Waals surface area (Å²) in [4.78, 5) is 5.48. The molecule has 1 fully saturated rings. The van der Waals surface area contributed by atoms with Gasteiger partial charge in [-0.2, -0.15) is 5.48 Å². The molecule has 0 aliphatic heterocycles. The lowest BCUT2D eigenvalue weighted by Crippen LogP contribution is -2.38. The zero-order chi connectivity index (χ0) is 11.9. The van der Waals surface area contributed by atoms with Crippen molar-refractivity contribution in [2.45, 2.75) is 50.9 Å². The fraction of sp³-hybridized carbons (Fsp3) is 0.571. The number of hydroxylamine groups is 1. The molecular formula is C14H21NO2. The fourth-order valence-electron chi connectivity index (χ4n) is 2.23. The van der Waals surface area contributed by atoms with Gasteiger partial charge >= 0.3 is 0 Å². The Kier molecular flexibility index (Phi) is 4.98. The highest BCUT2D eigenvalue weighted by atomic mass is 16.6. The van der Waals surface area contributed by atoms with Crippen LogP contribution in [0.1, 0.15) is 37.7 Å². The largest absolute Gasteiger partial charge is 0.391 e. The first kappa shape index (κ1) is 12.6. The topological polar surface area (TPSA) is 41.5 Å². The molecule has 2 atom stereocenters. The monoisotopic (exact) mass is 235 g/mol. The summed E-state index contributed by atoms with van der Waals surface area (Å²) in [5, 5.41) is 9.90. The van der Waals surface area contributed by atoms with Crippen molar-refractivity contribution in [3.8, 4) is 0 Å². The maximum absolute atomic E-state index is 9.90. The van der Waals surface area contributed by atoms with Crippen LogP contribution in [-0.2, 0) is 11.4 Å². The first-order chi connectivity index (χ1) is 8.36. The number of rotatable bonds is 4. The summed E-state index contributed by atoms with van der Waals surface area (Å²) in [6.07, 6.45) is 5.12. The van der Waals surface area contributed by atoms with Crippen LogP contribution in [-0.4, -0.2) is 17.3 Å². The van der Waals surface area contributed by atoms with Crippen LogP contribution < -0.4 is 5.48 Å². The lowest BCUT2D eigenvalue weighted by Gasteiger charge is -2.21. The van der Waals surface area contributed by atoms with Crippen LogP contribution in [0.25, 0.3) is 0 Å². The van der Waals surface area contributed by atoms with E-state index in [1.165, 1.54) is 12.8 Å². The second-order valence-electron chi connectivity index (χ2n) is 4.70. The highest BCUT2D eigenvalue weighted by molar-refractivity contribution is 5.13. The van der Waals surface area contributed by atoms with Crippen LogP contribution in [0.2, 0.25) is 0 Å². The van der Waals surface area contributed by atoms with Gasteiger partial charge in [0.25, 0.3) is 0 Å². The summed E-state index contributed by atoms with van der Waals surface area (Å²) in [6.45, 7) is 0.546. The van der Waals surface area contributed by atoms with Crippen molar-refractivity contribution in [3.63, 3.8) is 0 Å². The van der Waals surface area contributed by atoms with Crippen molar-refractivity contribution in [1.29, 1.82) is 0 Å². The smallest absolute Gasteiger partial charge is 0.0933 e. The molecule has 1 aromatic carbocycles. The van der Waals surface area contributed by atoms with Gasteiger partial charge in [-0.15, -0.1) is 0 Å². The molecule has 1 saturated carbocycles.